The lowest BCUT2D eigenvalue weighted by atomic mass is 9.70. The summed E-state index contributed by atoms with van der Waals surface area (Å²) in [6, 6.07) is 9.37. The molecule has 2 unspecified atom stereocenters. The number of alkyl halides is 3. The van der Waals surface area contributed by atoms with Crippen molar-refractivity contribution in [2.45, 2.75) is 64.2 Å². The van der Waals surface area contributed by atoms with E-state index in [-0.39, 0.29) is 23.3 Å². The number of hydrogen-bond donors (Lipinski definition) is 0. The fourth-order valence-corrected chi connectivity index (χ4v) is 5.18. The lowest BCUT2D eigenvalue weighted by molar-refractivity contribution is -0.145. The van der Waals surface area contributed by atoms with Gasteiger partial charge in [-0.25, -0.2) is 4.68 Å². The molecule has 1 saturated carbocycles. The molecule has 26 heavy (non-hydrogen) atoms. The molecule has 0 aliphatic heterocycles. The molecule has 4 rings (SSSR count). The smallest absolute Gasteiger partial charge is 0.281 e. The van der Waals surface area contributed by atoms with Gasteiger partial charge in [-0.2, -0.15) is 13.2 Å². The Morgan fingerprint density at radius 3 is 2.38 bits per heavy atom. The molecular formula is C20H23F3N2O. The number of rotatable bonds is 3. The SMILES string of the molecule is CC12CCC(c3c1n(Cc1ccccc1)n(CC(F)(F)F)c3=O)C2(C)C. The Morgan fingerprint density at radius 2 is 1.77 bits per heavy atom. The Balaban J connectivity index is 1.94. The van der Waals surface area contributed by atoms with E-state index in [0.29, 0.717) is 5.56 Å². The van der Waals surface area contributed by atoms with E-state index in [4.69, 9.17) is 0 Å². The molecule has 6 heteroatoms. The van der Waals surface area contributed by atoms with E-state index in [1.807, 2.05) is 30.3 Å². The molecule has 2 atom stereocenters. The summed E-state index contributed by atoms with van der Waals surface area (Å²) in [7, 11) is 0. The number of hydrogen-bond acceptors (Lipinski definition) is 1. The van der Waals surface area contributed by atoms with Crippen molar-refractivity contribution in [2.75, 3.05) is 0 Å². The van der Waals surface area contributed by atoms with Crippen molar-refractivity contribution < 1.29 is 13.2 Å². The minimum atomic E-state index is -4.43. The Labute approximate surface area is 150 Å². The zero-order valence-electron chi connectivity index (χ0n) is 15.2. The fourth-order valence-electron chi connectivity index (χ4n) is 5.18. The van der Waals surface area contributed by atoms with Crippen LogP contribution in [0.15, 0.2) is 35.1 Å². The van der Waals surface area contributed by atoms with Crippen LogP contribution in [0.2, 0.25) is 0 Å². The monoisotopic (exact) mass is 364 g/mol. The minimum absolute atomic E-state index is 0.0338. The third-order valence-electron chi connectivity index (χ3n) is 6.87. The van der Waals surface area contributed by atoms with Crippen LogP contribution in [0.3, 0.4) is 0 Å². The van der Waals surface area contributed by atoms with Crippen LogP contribution >= 0.6 is 0 Å². The Bertz CT molecular complexity index is 908. The van der Waals surface area contributed by atoms with Gasteiger partial charge in [0, 0.05) is 11.0 Å². The number of halogens is 3. The quantitative estimate of drug-likeness (QED) is 0.791. The average Bonchev–Trinajstić information content (AvgIpc) is 3.01. The van der Waals surface area contributed by atoms with Crippen molar-refractivity contribution in [1.82, 2.24) is 9.36 Å². The summed E-state index contributed by atoms with van der Waals surface area (Å²) in [4.78, 5) is 13.0. The topological polar surface area (TPSA) is 26.9 Å². The van der Waals surface area contributed by atoms with Gasteiger partial charge >= 0.3 is 6.18 Å². The van der Waals surface area contributed by atoms with Gasteiger partial charge < -0.3 is 0 Å². The zero-order chi connectivity index (χ0) is 18.9. The number of fused-ring (bicyclic) bond motifs is 5. The molecule has 3 nitrogen and oxygen atoms in total. The predicted octanol–water partition coefficient (Wildman–Crippen LogP) is 4.44. The van der Waals surface area contributed by atoms with Crippen LogP contribution < -0.4 is 5.56 Å². The van der Waals surface area contributed by atoms with Gasteiger partial charge in [0.15, 0.2) is 0 Å². The first-order valence-electron chi connectivity index (χ1n) is 9.01. The number of benzene rings is 1. The van der Waals surface area contributed by atoms with E-state index in [9.17, 15) is 18.0 Å². The first kappa shape index (κ1) is 17.4. The molecule has 2 aromatic rings. The van der Waals surface area contributed by atoms with Gasteiger partial charge in [-0.3, -0.25) is 9.48 Å². The van der Waals surface area contributed by atoms with E-state index in [0.717, 1.165) is 28.8 Å². The molecule has 0 amide bonds. The summed E-state index contributed by atoms with van der Waals surface area (Å²) < 4.78 is 42.1. The van der Waals surface area contributed by atoms with Gasteiger partial charge in [0.25, 0.3) is 5.56 Å². The summed E-state index contributed by atoms with van der Waals surface area (Å²) in [6.07, 6.45) is -2.66. The van der Waals surface area contributed by atoms with E-state index in [2.05, 4.69) is 20.8 Å². The van der Waals surface area contributed by atoms with Gasteiger partial charge in [0.05, 0.1) is 12.2 Å². The normalized spacial score (nSPS) is 26.3. The maximum atomic E-state index is 13.2. The Hall–Kier alpha value is -1.98. The highest BCUT2D eigenvalue weighted by atomic mass is 19.4. The third-order valence-corrected chi connectivity index (χ3v) is 6.87. The van der Waals surface area contributed by atoms with E-state index in [1.54, 1.807) is 4.68 Å². The van der Waals surface area contributed by atoms with Crippen LogP contribution in [0.4, 0.5) is 13.2 Å². The highest BCUT2D eigenvalue weighted by Gasteiger charge is 2.63. The van der Waals surface area contributed by atoms with E-state index >= 15 is 0 Å². The molecule has 2 bridgehead atoms. The molecular weight excluding hydrogens is 341 g/mol. The van der Waals surface area contributed by atoms with Crippen LogP contribution in [0.25, 0.3) is 0 Å². The van der Waals surface area contributed by atoms with Gasteiger partial charge in [0.2, 0.25) is 0 Å². The molecule has 0 spiro atoms. The molecule has 0 radical (unpaired) electrons. The molecule has 1 heterocycles. The highest BCUT2D eigenvalue weighted by Crippen LogP contribution is 2.67. The molecule has 1 aromatic heterocycles. The highest BCUT2D eigenvalue weighted by molar-refractivity contribution is 5.45. The largest absolute Gasteiger partial charge is 0.408 e. The molecule has 0 N–H and O–H groups in total. The number of nitrogens with zero attached hydrogens (tertiary/aromatic N) is 2. The van der Waals surface area contributed by atoms with Crippen molar-refractivity contribution in [3.8, 4) is 0 Å². The standard InChI is InChI=1S/C20H23F3N2O/c1-18(2)14-9-10-19(18,3)16-15(14)17(26)25(12-20(21,22)23)24(16)11-13-7-5-4-6-8-13/h4-8,14H,9-12H2,1-3H3. The lowest BCUT2D eigenvalue weighted by Crippen LogP contribution is -2.38. The molecule has 2 aliphatic rings. The van der Waals surface area contributed by atoms with Crippen LogP contribution in [-0.4, -0.2) is 15.5 Å². The maximum Gasteiger partial charge on any atom is 0.408 e. The summed E-state index contributed by atoms with van der Waals surface area (Å²) in [6.45, 7) is 5.43. The predicted molar refractivity (Wildman–Crippen MR) is 93.4 cm³/mol. The van der Waals surface area contributed by atoms with Crippen molar-refractivity contribution in [3.63, 3.8) is 0 Å². The van der Waals surface area contributed by atoms with Gasteiger partial charge in [-0.15, -0.1) is 0 Å². The molecule has 140 valence electrons. The second-order valence-corrected chi connectivity index (χ2v) is 8.43. The van der Waals surface area contributed by atoms with Crippen molar-refractivity contribution in [2.24, 2.45) is 5.41 Å². The molecule has 2 aliphatic carbocycles. The third kappa shape index (κ3) is 2.23. The number of aromatic nitrogens is 2. The lowest BCUT2D eigenvalue weighted by Gasteiger charge is -2.36. The van der Waals surface area contributed by atoms with Crippen LogP contribution in [0, 0.1) is 5.41 Å². The van der Waals surface area contributed by atoms with Gasteiger partial charge in [-0.05, 0) is 29.7 Å². The first-order chi connectivity index (χ1) is 12.1. The van der Waals surface area contributed by atoms with Crippen LogP contribution in [0.5, 0.6) is 0 Å². The van der Waals surface area contributed by atoms with Crippen LogP contribution in [-0.2, 0) is 18.5 Å². The molecule has 1 aromatic carbocycles. The first-order valence-corrected chi connectivity index (χ1v) is 9.01. The summed E-state index contributed by atoms with van der Waals surface area (Å²) in [5, 5.41) is 0. The Morgan fingerprint density at radius 1 is 1.12 bits per heavy atom. The van der Waals surface area contributed by atoms with Crippen molar-refractivity contribution in [3.05, 3.63) is 57.5 Å². The molecule has 1 fully saturated rings. The average molecular weight is 364 g/mol. The van der Waals surface area contributed by atoms with E-state index < -0.39 is 18.3 Å². The second-order valence-electron chi connectivity index (χ2n) is 8.43. The zero-order valence-corrected chi connectivity index (χ0v) is 15.2. The molecule has 0 saturated heterocycles. The van der Waals surface area contributed by atoms with Gasteiger partial charge in [-0.1, -0.05) is 51.1 Å². The second kappa shape index (κ2) is 5.27. The van der Waals surface area contributed by atoms with Crippen molar-refractivity contribution >= 4 is 0 Å². The fraction of sp³-hybridized carbons (Fsp3) is 0.550. The maximum absolute atomic E-state index is 13.2. The minimum Gasteiger partial charge on any atom is -0.281 e. The van der Waals surface area contributed by atoms with Crippen molar-refractivity contribution in [1.29, 1.82) is 0 Å². The van der Waals surface area contributed by atoms with E-state index in [1.165, 1.54) is 0 Å². The van der Waals surface area contributed by atoms with Gasteiger partial charge in [0.1, 0.15) is 6.54 Å². The summed E-state index contributed by atoms with van der Waals surface area (Å²) >= 11 is 0. The summed E-state index contributed by atoms with van der Waals surface area (Å²) in [5.41, 5.74) is 1.46. The Kier molecular flexibility index (Phi) is 3.53. The summed E-state index contributed by atoms with van der Waals surface area (Å²) in [5.74, 6) is 0.0338. The van der Waals surface area contributed by atoms with Crippen LogP contribution in [0.1, 0.15) is 56.4 Å².